The topological polar surface area (TPSA) is 90.5 Å². The number of aryl methyl sites for hydroxylation is 1. The normalized spacial score (nSPS) is 11.3. The summed E-state index contributed by atoms with van der Waals surface area (Å²) in [4.78, 5) is 25.2. The first kappa shape index (κ1) is 20.7. The van der Waals surface area contributed by atoms with Gasteiger partial charge in [-0.05, 0) is 24.1 Å². The molecule has 1 N–H and O–H groups in total. The highest BCUT2D eigenvalue weighted by Gasteiger charge is 2.16. The molecule has 4 aromatic rings. The van der Waals surface area contributed by atoms with Crippen molar-refractivity contribution in [2.24, 2.45) is 0 Å². The predicted molar refractivity (Wildman–Crippen MR) is 118 cm³/mol. The van der Waals surface area contributed by atoms with Gasteiger partial charge in [-0.25, -0.2) is 0 Å². The standard InChI is InChI=1S/C23H25N5O3/c1-31-15-14-24-21(29)13-7-12-20-25-26-23-27(16-17-8-3-2-4-9-17)22(30)18-10-5-6-11-19(18)28(20)23/h2-6,8-11H,7,12-16H2,1H3,(H,24,29). The second-order valence-corrected chi connectivity index (χ2v) is 7.34. The van der Waals surface area contributed by atoms with Crippen molar-refractivity contribution in [1.29, 1.82) is 0 Å². The van der Waals surface area contributed by atoms with E-state index in [9.17, 15) is 9.59 Å². The number of para-hydroxylation sites is 1. The van der Waals surface area contributed by atoms with Crippen molar-refractivity contribution in [3.8, 4) is 0 Å². The molecule has 0 saturated heterocycles. The van der Waals surface area contributed by atoms with Crippen molar-refractivity contribution in [1.82, 2.24) is 24.5 Å². The van der Waals surface area contributed by atoms with Crippen LogP contribution in [0.25, 0.3) is 16.7 Å². The van der Waals surface area contributed by atoms with E-state index in [2.05, 4.69) is 15.5 Å². The van der Waals surface area contributed by atoms with Crippen LogP contribution in [0.4, 0.5) is 0 Å². The van der Waals surface area contributed by atoms with Crippen molar-refractivity contribution >= 4 is 22.6 Å². The minimum Gasteiger partial charge on any atom is -0.383 e. The quantitative estimate of drug-likeness (QED) is 0.420. The third-order valence-electron chi connectivity index (χ3n) is 5.19. The summed E-state index contributed by atoms with van der Waals surface area (Å²) in [5.74, 6) is 1.22. The summed E-state index contributed by atoms with van der Waals surface area (Å²) in [5, 5.41) is 12.1. The van der Waals surface area contributed by atoms with Gasteiger partial charge in [-0.3, -0.25) is 18.6 Å². The van der Waals surface area contributed by atoms with Crippen molar-refractivity contribution in [2.75, 3.05) is 20.3 Å². The molecule has 4 rings (SSSR count). The molecule has 8 nitrogen and oxygen atoms in total. The molecule has 0 aliphatic heterocycles. The van der Waals surface area contributed by atoms with Gasteiger partial charge in [-0.2, -0.15) is 0 Å². The Balaban J connectivity index is 1.65. The monoisotopic (exact) mass is 419 g/mol. The molecule has 2 heterocycles. The van der Waals surface area contributed by atoms with Crippen LogP contribution in [0.5, 0.6) is 0 Å². The van der Waals surface area contributed by atoms with Crippen molar-refractivity contribution in [3.63, 3.8) is 0 Å². The van der Waals surface area contributed by atoms with Gasteiger partial charge in [0.25, 0.3) is 5.56 Å². The number of nitrogens with zero attached hydrogens (tertiary/aromatic N) is 4. The van der Waals surface area contributed by atoms with Gasteiger partial charge in [0, 0.05) is 26.5 Å². The number of carbonyl (C=O) groups is 1. The highest BCUT2D eigenvalue weighted by molar-refractivity contribution is 5.80. The number of amides is 1. The number of methoxy groups -OCH3 is 1. The molecule has 0 unspecified atom stereocenters. The minimum atomic E-state index is -0.0941. The maximum Gasteiger partial charge on any atom is 0.263 e. The Morgan fingerprint density at radius 3 is 2.65 bits per heavy atom. The van der Waals surface area contributed by atoms with E-state index in [0.717, 1.165) is 16.9 Å². The molecule has 0 aliphatic carbocycles. The van der Waals surface area contributed by atoms with E-state index in [4.69, 9.17) is 4.74 Å². The Morgan fingerprint density at radius 1 is 1.06 bits per heavy atom. The zero-order valence-electron chi connectivity index (χ0n) is 17.5. The number of hydrogen-bond donors (Lipinski definition) is 1. The number of hydrogen-bond acceptors (Lipinski definition) is 5. The number of rotatable bonds is 9. The van der Waals surface area contributed by atoms with Crippen LogP contribution in [0.1, 0.15) is 24.2 Å². The first-order valence-corrected chi connectivity index (χ1v) is 10.3. The van der Waals surface area contributed by atoms with Crippen LogP contribution in [0, 0.1) is 0 Å². The van der Waals surface area contributed by atoms with Crippen LogP contribution in [0.3, 0.4) is 0 Å². The molecule has 0 fully saturated rings. The van der Waals surface area contributed by atoms with Crippen LogP contribution in [0.15, 0.2) is 59.4 Å². The summed E-state index contributed by atoms with van der Waals surface area (Å²) < 4.78 is 8.54. The van der Waals surface area contributed by atoms with E-state index >= 15 is 0 Å². The number of ether oxygens (including phenoxy) is 1. The highest BCUT2D eigenvalue weighted by atomic mass is 16.5. The molecule has 0 bridgehead atoms. The van der Waals surface area contributed by atoms with E-state index in [1.54, 1.807) is 11.7 Å². The first-order valence-electron chi connectivity index (χ1n) is 10.3. The number of benzene rings is 2. The number of nitrogens with one attached hydrogen (secondary N) is 1. The molecular formula is C23H25N5O3. The van der Waals surface area contributed by atoms with Crippen LogP contribution in [-0.4, -0.2) is 45.3 Å². The van der Waals surface area contributed by atoms with Gasteiger partial charge in [0.2, 0.25) is 11.7 Å². The predicted octanol–water partition coefficient (Wildman–Crippen LogP) is 2.18. The molecule has 0 atom stereocenters. The summed E-state index contributed by atoms with van der Waals surface area (Å²) in [7, 11) is 1.60. The van der Waals surface area contributed by atoms with Crippen molar-refractivity contribution in [3.05, 3.63) is 76.3 Å². The Kier molecular flexibility index (Phi) is 6.37. The number of fused-ring (bicyclic) bond motifs is 3. The molecule has 0 aliphatic rings. The molecule has 0 saturated carbocycles. The van der Waals surface area contributed by atoms with Gasteiger partial charge in [-0.15, -0.1) is 10.2 Å². The molecule has 1 amide bonds. The van der Waals surface area contributed by atoms with Gasteiger partial charge in [0.15, 0.2) is 0 Å². The third kappa shape index (κ3) is 4.49. The van der Waals surface area contributed by atoms with Crippen molar-refractivity contribution in [2.45, 2.75) is 25.8 Å². The highest BCUT2D eigenvalue weighted by Crippen LogP contribution is 2.17. The fourth-order valence-electron chi connectivity index (χ4n) is 3.67. The van der Waals surface area contributed by atoms with Gasteiger partial charge in [-0.1, -0.05) is 42.5 Å². The van der Waals surface area contributed by atoms with Gasteiger partial charge in [0.05, 0.1) is 24.1 Å². The van der Waals surface area contributed by atoms with E-state index < -0.39 is 0 Å². The lowest BCUT2D eigenvalue weighted by atomic mass is 10.2. The fraction of sp³-hybridized carbons (Fsp3) is 0.304. The van der Waals surface area contributed by atoms with Gasteiger partial charge in [0.1, 0.15) is 5.82 Å². The Bertz CT molecular complexity index is 1250. The fourth-order valence-corrected chi connectivity index (χ4v) is 3.67. The number of carbonyl (C=O) groups excluding carboxylic acids is 1. The largest absolute Gasteiger partial charge is 0.383 e. The third-order valence-corrected chi connectivity index (χ3v) is 5.19. The van der Waals surface area contributed by atoms with E-state index in [1.165, 1.54) is 0 Å². The molecule has 0 spiro atoms. The first-order chi connectivity index (χ1) is 15.2. The summed E-state index contributed by atoms with van der Waals surface area (Å²) in [6.07, 6.45) is 1.60. The maximum atomic E-state index is 13.2. The van der Waals surface area contributed by atoms with Gasteiger partial charge < -0.3 is 10.1 Å². The average molecular weight is 419 g/mol. The molecular weight excluding hydrogens is 394 g/mol. The van der Waals surface area contributed by atoms with Gasteiger partial charge >= 0.3 is 0 Å². The molecule has 160 valence electrons. The lowest BCUT2D eigenvalue weighted by molar-refractivity contribution is -0.121. The summed E-state index contributed by atoms with van der Waals surface area (Å²) >= 11 is 0. The van der Waals surface area contributed by atoms with Crippen LogP contribution in [-0.2, 0) is 22.5 Å². The Morgan fingerprint density at radius 2 is 1.84 bits per heavy atom. The van der Waals surface area contributed by atoms with E-state index in [0.29, 0.717) is 50.1 Å². The molecule has 2 aromatic carbocycles. The van der Waals surface area contributed by atoms with E-state index in [1.807, 2.05) is 59.0 Å². The Labute approximate surface area is 179 Å². The van der Waals surface area contributed by atoms with Crippen LogP contribution >= 0.6 is 0 Å². The second kappa shape index (κ2) is 9.53. The van der Waals surface area contributed by atoms with Crippen LogP contribution < -0.4 is 10.9 Å². The smallest absolute Gasteiger partial charge is 0.263 e. The zero-order chi connectivity index (χ0) is 21.6. The molecule has 2 aromatic heterocycles. The number of aromatic nitrogens is 4. The summed E-state index contributed by atoms with van der Waals surface area (Å²) in [6.45, 7) is 1.40. The molecule has 0 radical (unpaired) electrons. The lowest BCUT2D eigenvalue weighted by Crippen LogP contribution is -2.26. The SMILES string of the molecule is COCCNC(=O)CCCc1nnc2n(Cc3ccccc3)c(=O)c3ccccc3n12. The summed E-state index contributed by atoms with van der Waals surface area (Å²) in [5.41, 5.74) is 1.69. The minimum absolute atomic E-state index is 0.0169. The molecule has 8 heteroatoms. The molecule has 31 heavy (non-hydrogen) atoms. The van der Waals surface area contributed by atoms with Crippen molar-refractivity contribution < 1.29 is 9.53 Å². The summed E-state index contributed by atoms with van der Waals surface area (Å²) in [6, 6.07) is 17.3. The lowest BCUT2D eigenvalue weighted by Gasteiger charge is -2.11. The van der Waals surface area contributed by atoms with Crippen LogP contribution in [0.2, 0.25) is 0 Å². The second-order valence-electron chi connectivity index (χ2n) is 7.34. The average Bonchev–Trinajstić information content (AvgIpc) is 3.21. The van der Waals surface area contributed by atoms with E-state index in [-0.39, 0.29) is 11.5 Å². The Hall–Kier alpha value is -3.52. The maximum absolute atomic E-state index is 13.2. The zero-order valence-corrected chi connectivity index (χ0v) is 17.5.